The molecule has 0 aliphatic carbocycles. The zero-order valence-electron chi connectivity index (χ0n) is 10.8. The van der Waals surface area contributed by atoms with E-state index in [2.05, 4.69) is 87.1 Å². The third kappa shape index (κ3) is 4.29. The number of benzene rings is 2. The fourth-order valence-electron chi connectivity index (χ4n) is 1.90. The van der Waals surface area contributed by atoms with E-state index in [1.54, 1.807) is 7.11 Å². The highest BCUT2D eigenvalue weighted by Gasteiger charge is 2.09. The number of hydrogen-bond donors (Lipinski definition) is 0. The summed E-state index contributed by atoms with van der Waals surface area (Å²) < 4.78 is 6.35. The van der Waals surface area contributed by atoms with Crippen LogP contribution in [0, 0.1) is 3.57 Å². The van der Waals surface area contributed by atoms with Crippen molar-refractivity contribution in [3.63, 3.8) is 0 Å². The zero-order chi connectivity index (χ0) is 13.7. The van der Waals surface area contributed by atoms with Crippen LogP contribution in [0.5, 0.6) is 0 Å². The first-order chi connectivity index (χ1) is 9.20. The first-order valence-electron chi connectivity index (χ1n) is 6.18. The van der Waals surface area contributed by atoms with Crippen LogP contribution in [0.15, 0.2) is 48.5 Å². The molecule has 2 aromatic carbocycles. The van der Waals surface area contributed by atoms with Gasteiger partial charge in [0.25, 0.3) is 0 Å². The molecule has 0 N–H and O–H groups in total. The van der Waals surface area contributed by atoms with E-state index in [4.69, 9.17) is 4.74 Å². The molecule has 0 aliphatic rings. The largest absolute Gasteiger partial charge is 0.384 e. The highest BCUT2D eigenvalue weighted by molar-refractivity contribution is 14.1. The quantitative estimate of drug-likeness (QED) is 0.481. The predicted molar refractivity (Wildman–Crippen MR) is 92.0 cm³/mol. The van der Waals surface area contributed by atoms with Gasteiger partial charge in [-0.05, 0) is 57.8 Å². The van der Waals surface area contributed by atoms with Crippen molar-refractivity contribution >= 4 is 38.5 Å². The van der Waals surface area contributed by atoms with Crippen LogP contribution in [0.1, 0.15) is 21.5 Å². The second-order valence-corrected chi connectivity index (χ2v) is 6.56. The van der Waals surface area contributed by atoms with Gasteiger partial charge in [-0.25, -0.2) is 0 Å². The molecule has 0 saturated carbocycles. The lowest BCUT2D eigenvalue weighted by atomic mass is 10.0. The van der Waals surface area contributed by atoms with E-state index < -0.39 is 0 Å². The summed E-state index contributed by atoms with van der Waals surface area (Å²) >= 11 is 6.09. The third-order valence-corrected chi connectivity index (χ3v) is 4.81. The van der Waals surface area contributed by atoms with Crippen LogP contribution in [0.25, 0.3) is 0 Å². The Labute approximate surface area is 136 Å². The lowest BCUT2D eigenvalue weighted by Crippen LogP contribution is -1.96. The van der Waals surface area contributed by atoms with Crippen molar-refractivity contribution in [2.24, 2.45) is 0 Å². The highest BCUT2D eigenvalue weighted by Crippen LogP contribution is 2.31. The summed E-state index contributed by atoms with van der Waals surface area (Å²) in [5, 5.41) is 0. The molecule has 0 fully saturated rings. The number of halogens is 2. The topological polar surface area (TPSA) is 9.23 Å². The summed E-state index contributed by atoms with van der Waals surface area (Å²) in [6.07, 6.45) is 0.966. The first-order valence-corrected chi connectivity index (χ1v) is 8.17. The Morgan fingerprint density at radius 2 is 1.53 bits per heavy atom. The fraction of sp³-hybridized carbons (Fsp3) is 0.250. The van der Waals surface area contributed by atoms with Crippen LogP contribution in [0.3, 0.4) is 0 Å². The molecule has 2 aromatic rings. The van der Waals surface area contributed by atoms with Gasteiger partial charge in [0.2, 0.25) is 0 Å². The average molecular weight is 431 g/mol. The lowest BCUT2D eigenvalue weighted by molar-refractivity contribution is 0.202. The van der Waals surface area contributed by atoms with E-state index in [0.717, 1.165) is 13.0 Å². The van der Waals surface area contributed by atoms with Gasteiger partial charge in [-0.3, -0.25) is 0 Å². The highest BCUT2D eigenvalue weighted by atomic mass is 127. The summed E-state index contributed by atoms with van der Waals surface area (Å²) in [4.78, 5) is 0.251. The summed E-state index contributed by atoms with van der Waals surface area (Å²) in [6, 6.07) is 17.3. The predicted octanol–water partition coefficient (Wildman–Crippen LogP) is 4.96. The first kappa shape index (κ1) is 15.0. The maximum absolute atomic E-state index is 5.09. The van der Waals surface area contributed by atoms with Crippen LogP contribution in [-0.2, 0) is 11.2 Å². The van der Waals surface area contributed by atoms with E-state index in [1.165, 1.54) is 20.3 Å². The maximum Gasteiger partial charge on any atom is 0.0644 e. The number of alkyl halides is 1. The molecule has 0 bridgehead atoms. The molecule has 0 spiro atoms. The van der Waals surface area contributed by atoms with Gasteiger partial charge in [0, 0.05) is 10.7 Å². The molecule has 0 radical (unpaired) electrons. The van der Waals surface area contributed by atoms with Crippen molar-refractivity contribution in [1.82, 2.24) is 0 Å². The van der Waals surface area contributed by atoms with Crippen LogP contribution in [0.4, 0.5) is 0 Å². The Morgan fingerprint density at radius 3 is 2.05 bits per heavy atom. The Hall–Kier alpha value is -0.390. The Kier molecular flexibility index (Phi) is 5.85. The molecule has 100 valence electrons. The molecule has 0 amide bonds. The Bertz CT molecular complexity index is 507. The molecule has 19 heavy (non-hydrogen) atoms. The minimum absolute atomic E-state index is 0.251. The molecule has 1 unspecified atom stereocenters. The number of hydrogen-bond acceptors (Lipinski definition) is 1. The average Bonchev–Trinajstić information content (AvgIpc) is 2.46. The Morgan fingerprint density at radius 1 is 1.00 bits per heavy atom. The van der Waals surface area contributed by atoms with Crippen LogP contribution in [0.2, 0.25) is 0 Å². The van der Waals surface area contributed by atoms with E-state index in [-0.39, 0.29) is 4.83 Å². The van der Waals surface area contributed by atoms with E-state index in [9.17, 15) is 0 Å². The van der Waals surface area contributed by atoms with Crippen molar-refractivity contribution in [3.8, 4) is 0 Å². The van der Waals surface area contributed by atoms with Gasteiger partial charge in [0.15, 0.2) is 0 Å². The summed E-state index contributed by atoms with van der Waals surface area (Å²) in [6.45, 7) is 0.772. The number of ether oxygens (including phenoxy) is 1. The summed E-state index contributed by atoms with van der Waals surface area (Å²) in [5.41, 5.74) is 3.88. The van der Waals surface area contributed by atoms with Crippen molar-refractivity contribution in [2.45, 2.75) is 11.2 Å². The van der Waals surface area contributed by atoms with Crippen molar-refractivity contribution in [3.05, 3.63) is 68.8 Å². The molecule has 0 heterocycles. The van der Waals surface area contributed by atoms with Gasteiger partial charge in [-0.1, -0.05) is 52.3 Å². The van der Waals surface area contributed by atoms with Gasteiger partial charge < -0.3 is 4.74 Å². The molecule has 1 atom stereocenters. The molecule has 0 aliphatic heterocycles. The van der Waals surface area contributed by atoms with Crippen molar-refractivity contribution in [1.29, 1.82) is 0 Å². The van der Waals surface area contributed by atoms with Crippen LogP contribution in [-0.4, -0.2) is 13.7 Å². The summed E-state index contributed by atoms with van der Waals surface area (Å²) in [5.74, 6) is 0. The van der Waals surface area contributed by atoms with E-state index in [1.807, 2.05) is 0 Å². The molecule has 1 nitrogen and oxygen atoms in total. The van der Waals surface area contributed by atoms with Gasteiger partial charge in [-0.2, -0.15) is 0 Å². The number of methoxy groups -OCH3 is 1. The monoisotopic (exact) mass is 430 g/mol. The second kappa shape index (κ2) is 7.41. The smallest absolute Gasteiger partial charge is 0.0644 e. The van der Waals surface area contributed by atoms with Crippen LogP contribution >= 0.6 is 38.5 Å². The van der Waals surface area contributed by atoms with Crippen LogP contribution < -0.4 is 0 Å². The van der Waals surface area contributed by atoms with E-state index >= 15 is 0 Å². The van der Waals surface area contributed by atoms with Gasteiger partial charge in [0.05, 0.1) is 11.4 Å². The maximum atomic E-state index is 5.09. The van der Waals surface area contributed by atoms with Crippen molar-refractivity contribution < 1.29 is 4.74 Å². The molecule has 0 saturated heterocycles. The van der Waals surface area contributed by atoms with Gasteiger partial charge in [0.1, 0.15) is 0 Å². The molecule has 3 heteroatoms. The van der Waals surface area contributed by atoms with Gasteiger partial charge in [-0.15, -0.1) is 0 Å². The normalized spacial score (nSPS) is 12.4. The standard InChI is InChI=1S/C16H16BrIO/c1-19-11-10-12-2-4-13(5-3-12)16(17)14-6-8-15(18)9-7-14/h2-9,16H,10-11H2,1H3. The van der Waals surface area contributed by atoms with E-state index in [0.29, 0.717) is 0 Å². The molecular formula is C16H16BrIO. The zero-order valence-corrected chi connectivity index (χ0v) is 14.5. The second-order valence-electron chi connectivity index (χ2n) is 4.40. The minimum atomic E-state index is 0.251. The molecular weight excluding hydrogens is 415 g/mol. The lowest BCUT2D eigenvalue weighted by Gasteiger charge is -2.11. The SMILES string of the molecule is COCCc1ccc(C(Br)c2ccc(I)cc2)cc1. The number of rotatable bonds is 5. The van der Waals surface area contributed by atoms with Gasteiger partial charge >= 0.3 is 0 Å². The minimum Gasteiger partial charge on any atom is -0.384 e. The Balaban J connectivity index is 2.10. The molecule has 0 aromatic heterocycles. The summed E-state index contributed by atoms with van der Waals surface area (Å²) in [7, 11) is 1.74. The fourth-order valence-corrected chi connectivity index (χ4v) is 2.87. The molecule has 2 rings (SSSR count). The third-order valence-electron chi connectivity index (χ3n) is 3.03. The van der Waals surface area contributed by atoms with Crippen molar-refractivity contribution in [2.75, 3.05) is 13.7 Å².